The molecule has 1 aliphatic carbocycles. The van der Waals surface area contributed by atoms with Crippen LogP contribution in [0, 0.1) is 0 Å². The van der Waals surface area contributed by atoms with Crippen molar-refractivity contribution >= 4 is 19.8 Å². The summed E-state index contributed by atoms with van der Waals surface area (Å²) >= 11 is 0. The van der Waals surface area contributed by atoms with Crippen molar-refractivity contribution in [1.29, 1.82) is 0 Å². The molecule has 0 bridgehead atoms. The Labute approximate surface area is 363 Å². The van der Waals surface area contributed by atoms with Crippen molar-refractivity contribution in [3.8, 4) is 0 Å². The van der Waals surface area contributed by atoms with Gasteiger partial charge in [-0.25, -0.2) is 4.57 Å². The highest BCUT2D eigenvalue weighted by Crippen LogP contribution is 2.47. The van der Waals surface area contributed by atoms with Crippen molar-refractivity contribution in [2.45, 2.75) is 256 Å². The Balaban J connectivity index is 2.44. The number of hydrogen-bond donors (Lipinski definition) is 6. The average molecular weight is 879 g/mol. The van der Waals surface area contributed by atoms with Crippen molar-refractivity contribution in [3.05, 3.63) is 12.2 Å². The van der Waals surface area contributed by atoms with Gasteiger partial charge in [-0.15, -0.1) is 0 Å². The Morgan fingerprint density at radius 1 is 0.500 bits per heavy atom. The zero-order chi connectivity index (χ0) is 44.3. The van der Waals surface area contributed by atoms with E-state index in [-0.39, 0.29) is 12.8 Å². The van der Waals surface area contributed by atoms with E-state index in [1.807, 2.05) is 0 Å². The summed E-state index contributed by atoms with van der Waals surface area (Å²) in [5, 5.41) is 50.2. The molecule has 14 heteroatoms. The van der Waals surface area contributed by atoms with Crippen LogP contribution in [0.1, 0.15) is 213 Å². The Hall–Kier alpha value is -1.41. The van der Waals surface area contributed by atoms with E-state index in [2.05, 4.69) is 26.0 Å². The molecular formula is C46H87O13P. The van der Waals surface area contributed by atoms with Crippen LogP contribution >= 0.6 is 7.82 Å². The number of unbranched alkanes of at least 4 members (excludes halogenated alkanes) is 26. The van der Waals surface area contributed by atoms with Gasteiger partial charge in [0.25, 0.3) is 0 Å². The highest BCUT2D eigenvalue weighted by molar-refractivity contribution is 7.47. The number of esters is 2. The van der Waals surface area contributed by atoms with E-state index in [1.165, 1.54) is 116 Å². The van der Waals surface area contributed by atoms with Crippen molar-refractivity contribution < 1.29 is 63.1 Å². The largest absolute Gasteiger partial charge is 0.472 e. The minimum absolute atomic E-state index is 0.101. The van der Waals surface area contributed by atoms with Crippen molar-refractivity contribution in [3.63, 3.8) is 0 Å². The van der Waals surface area contributed by atoms with Crippen molar-refractivity contribution in [2.75, 3.05) is 13.2 Å². The molecule has 0 heterocycles. The van der Waals surface area contributed by atoms with Crippen LogP contribution in [0.3, 0.4) is 0 Å². The predicted octanol–water partition coefficient (Wildman–Crippen LogP) is 9.45. The second kappa shape index (κ2) is 37.0. The summed E-state index contributed by atoms with van der Waals surface area (Å²) in [6.07, 6.45) is 25.5. The van der Waals surface area contributed by atoms with E-state index in [0.717, 1.165) is 57.8 Å². The normalized spacial score (nSPS) is 22.2. The summed E-state index contributed by atoms with van der Waals surface area (Å²) in [5.41, 5.74) is 0. The van der Waals surface area contributed by atoms with Crippen LogP contribution in [-0.4, -0.2) is 98.3 Å². The second-order valence-corrected chi connectivity index (χ2v) is 18.4. The van der Waals surface area contributed by atoms with Crippen LogP contribution in [0.2, 0.25) is 0 Å². The third kappa shape index (κ3) is 29.0. The van der Waals surface area contributed by atoms with Crippen LogP contribution < -0.4 is 0 Å². The molecule has 1 saturated carbocycles. The Bertz CT molecular complexity index is 1110. The SMILES string of the molecule is CCCCCCCCC/C=C\CCCCCCCC(=O)OC[C@H](COP(=O)(O)OC1C(O)C(O)C(O)[C@@H](O)C1O)OC(=O)CCCCCCCCCCCCCCCCC. The van der Waals surface area contributed by atoms with Crippen molar-refractivity contribution in [1.82, 2.24) is 0 Å². The number of aliphatic hydroxyl groups excluding tert-OH is 5. The lowest BCUT2D eigenvalue weighted by molar-refractivity contribution is -0.220. The van der Waals surface area contributed by atoms with Gasteiger partial charge in [0.15, 0.2) is 6.10 Å². The average Bonchev–Trinajstić information content (AvgIpc) is 3.23. The third-order valence-corrected chi connectivity index (χ3v) is 12.3. The first-order valence-corrected chi connectivity index (χ1v) is 25.5. The summed E-state index contributed by atoms with van der Waals surface area (Å²) in [7, 11) is -5.11. The van der Waals surface area contributed by atoms with E-state index < -0.39 is 75.7 Å². The fraction of sp³-hybridized carbons (Fsp3) is 0.913. The second-order valence-electron chi connectivity index (χ2n) is 17.0. The standard InChI is InChI=1S/C46H87O13P/c1-3-5-7-9-11-13-15-17-19-21-22-24-26-28-30-32-34-39(47)56-36-38(37-57-60(54,55)59-46-44(52)42(50)41(49)43(51)45(46)53)58-40(48)35-33-31-29-27-25-23-20-18-16-14-12-10-8-6-4-2/h19,21,38,41-46,49-53H,3-18,20,22-37H2,1-2H3,(H,54,55)/b21-19-/t38-,41?,42-,43?,44?,45?,46?/m1/s1. The summed E-state index contributed by atoms with van der Waals surface area (Å²) in [6.45, 7) is 3.31. The molecule has 0 aliphatic heterocycles. The lowest BCUT2D eigenvalue weighted by Gasteiger charge is -2.41. The molecule has 6 N–H and O–H groups in total. The number of phosphoric acid groups is 1. The number of hydrogen-bond acceptors (Lipinski definition) is 12. The van der Waals surface area contributed by atoms with Crippen LogP contribution in [0.4, 0.5) is 0 Å². The molecule has 354 valence electrons. The van der Waals surface area contributed by atoms with E-state index in [4.69, 9.17) is 18.5 Å². The van der Waals surface area contributed by atoms with Crippen molar-refractivity contribution in [2.24, 2.45) is 0 Å². The third-order valence-electron chi connectivity index (χ3n) is 11.4. The Morgan fingerprint density at radius 3 is 1.27 bits per heavy atom. The first-order valence-electron chi connectivity index (χ1n) is 24.0. The zero-order valence-electron chi connectivity index (χ0n) is 37.5. The molecule has 0 amide bonds. The quantitative estimate of drug-likeness (QED) is 0.0147. The Morgan fingerprint density at radius 2 is 0.850 bits per heavy atom. The van der Waals surface area contributed by atoms with Crippen LogP contribution in [0.25, 0.3) is 0 Å². The summed E-state index contributed by atoms with van der Waals surface area (Å²) < 4.78 is 33.5. The predicted molar refractivity (Wildman–Crippen MR) is 235 cm³/mol. The molecule has 1 aliphatic rings. The van der Waals surface area contributed by atoms with E-state index in [1.54, 1.807) is 0 Å². The smallest absolute Gasteiger partial charge is 0.462 e. The summed E-state index contributed by atoms with van der Waals surface area (Å²) in [5.74, 6) is -1.10. The highest BCUT2D eigenvalue weighted by Gasteiger charge is 2.51. The molecule has 0 radical (unpaired) electrons. The fourth-order valence-electron chi connectivity index (χ4n) is 7.46. The molecule has 6 unspecified atom stereocenters. The van der Waals surface area contributed by atoms with Crippen LogP contribution in [-0.2, 0) is 32.7 Å². The number of ether oxygens (including phenoxy) is 2. The van der Waals surface area contributed by atoms with Gasteiger partial charge in [-0.2, -0.15) is 0 Å². The number of aliphatic hydroxyl groups is 5. The molecule has 13 nitrogen and oxygen atoms in total. The van der Waals surface area contributed by atoms with Gasteiger partial charge in [0.05, 0.1) is 6.61 Å². The molecule has 1 fully saturated rings. The maximum atomic E-state index is 12.8. The van der Waals surface area contributed by atoms with Gasteiger partial charge in [-0.3, -0.25) is 18.6 Å². The van der Waals surface area contributed by atoms with Gasteiger partial charge < -0.3 is 39.9 Å². The number of phosphoric ester groups is 1. The van der Waals surface area contributed by atoms with E-state index in [0.29, 0.717) is 12.8 Å². The number of carbonyl (C=O) groups is 2. The molecule has 60 heavy (non-hydrogen) atoms. The molecule has 0 spiro atoms. The number of carbonyl (C=O) groups excluding carboxylic acids is 2. The topological polar surface area (TPSA) is 210 Å². The van der Waals surface area contributed by atoms with Crippen LogP contribution in [0.5, 0.6) is 0 Å². The molecule has 0 aromatic heterocycles. The minimum Gasteiger partial charge on any atom is -0.462 e. The lowest BCUT2D eigenvalue weighted by Crippen LogP contribution is -2.64. The van der Waals surface area contributed by atoms with Gasteiger partial charge in [-0.1, -0.05) is 174 Å². The minimum atomic E-state index is -5.11. The monoisotopic (exact) mass is 879 g/mol. The molecular weight excluding hydrogens is 791 g/mol. The number of rotatable bonds is 40. The molecule has 0 saturated heterocycles. The summed E-state index contributed by atoms with van der Waals surface area (Å²) in [4.78, 5) is 35.7. The Kier molecular flexibility index (Phi) is 34.9. The van der Waals surface area contributed by atoms with Gasteiger partial charge in [0.1, 0.15) is 43.2 Å². The maximum absolute atomic E-state index is 12.8. The molecule has 8 atom stereocenters. The van der Waals surface area contributed by atoms with Gasteiger partial charge in [0, 0.05) is 12.8 Å². The first kappa shape index (κ1) is 56.6. The van der Waals surface area contributed by atoms with E-state index in [9.17, 15) is 44.6 Å². The zero-order valence-corrected chi connectivity index (χ0v) is 38.4. The van der Waals surface area contributed by atoms with E-state index >= 15 is 0 Å². The lowest BCUT2D eigenvalue weighted by atomic mass is 9.85. The molecule has 0 aromatic carbocycles. The van der Waals surface area contributed by atoms with Gasteiger partial charge >= 0.3 is 19.8 Å². The molecule has 1 rings (SSSR count). The van der Waals surface area contributed by atoms with Gasteiger partial charge in [-0.05, 0) is 38.5 Å². The number of allylic oxidation sites excluding steroid dienone is 2. The first-order chi connectivity index (χ1) is 28.9. The van der Waals surface area contributed by atoms with Crippen LogP contribution in [0.15, 0.2) is 12.2 Å². The maximum Gasteiger partial charge on any atom is 0.472 e. The fourth-order valence-corrected chi connectivity index (χ4v) is 8.43. The van der Waals surface area contributed by atoms with Gasteiger partial charge in [0.2, 0.25) is 0 Å². The molecule has 0 aromatic rings. The highest BCUT2D eigenvalue weighted by atomic mass is 31.2. The summed E-state index contributed by atoms with van der Waals surface area (Å²) in [6, 6.07) is 0.